The third-order valence-corrected chi connectivity index (χ3v) is 3.84. The molecule has 4 heteroatoms. The lowest BCUT2D eigenvalue weighted by Crippen LogP contribution is -2.16. The quantitative estimate of drug-likeness (QED) is 0.809. The number of hydrogen-bond acceptors (Lipinski definition) is 3. The van der Waals surface area contributed by atoms with E-state index < -0.39 is 0 Å². The van der Waals surface area contributed by atoms with Crippen molar-refractivity contribution in [3.05, 3.63) is 46.4 Å². The topological polar surface area (TPSA) is 38.0 Å². The van der Waals surface area contributed by atoms with Crippen LogP contribution < -0.4 is 11.1 Å². The highest BCUT2D eigenvalue weighted by Gasteiger charge is 2.18. The van der Waals surface area contributed by atoms with Crippen LogP contribution in [-0.2, 0) is 0 Å². The molecule has 0 aliphatic rings. The molecule has 0 saturated carbocycles. The number of nitrogens with one attached hydrogen (secondary N) is 1. The minimum Gasteiger partial charge on any atom is -0.395 e. The number of halogens is 1. The number of hydrogen-bond donors (Lipinski definition) is 2. The van der Waals surface area contributed by atoms with E-state index in [-0.39, 0.29) is 17.5 Å². The number of anilines is 2. The van der Waals surface area contributed by atoms with Crippen molar-refractivity contribution in [2.24, 2.45) is 5.92 Å². The highest BCUT2D eigenvalue weighted by atomic mass is 32.1. The molecule has 18 heavy (non-hydrogen) atoms. The summed E-state index contributed by atoms with van der Waals surface area (Å²) in [5.74, 6) is 0.0139. The minimum absolute atomic E-state index is 0.147. The molecule has 0 aliphatic carbocycles. The molecule has 0 fully saturated rings. The third kappa shape index (κ3) is 2.64. The Morgan fingerprint density at radius 2 is 2.00 bits per heavy atom. The van der Waals surface area contributed by atoms with Crippen LogP contribution in [0.1, 0.15) is 24.8 Å². The number of para-hydroxylation sites is 1. The van der Waals surface area contributed by atoms with Crippen LogP contribution in [0.4, 0.5) is 15.8 Å². The van der Waals surface area contributed by atoms with E-state index in [1.165, 1.54) is 10.9 Å². The van der Waals surface area contributed by atoms with Crippen molar-refractivity contribution in [3.8, 4) is 0 Å². The second kappa shape index (κ2) is 5.40. The Morgan fingerprint density at radius 3 is 2.61 bits per heavy atom. The van der Waals surface area contributed by atoms with Gasteiger partial charge in [-0.25, -0.2) is 4.39 Å². The van der Waals surface area contributed by atoms with Gasteiger partial charge in [0.15, 0.2) is 0 Å². The zero-order valence-corrected chi connectivity index (χ0v) is 11.3. The maximum Gasteiger partial charge on any atom is 0.148 e. The zero-order valence-electron chi connectivity index (χ0n) is 10.5. The molecule has 1 heterocycles. The van der Waals surface area contributed by atoms with Gasteiger partial charge in [0.25, 0.3) is 0 Å². The first-order valence-corrected chi connectivity index (χ1v) is 6.81. The second-order valence-corrected chi connectivity index (χ2v) is 5.56. The van der Waals surface area contributed by atoms with Gasteiger partial charge >= 0.3 is 0 Å². The van der Waals surface area contributed by atoms with E-state index in [0.29, 0.717) is 11.6 Å². The first kappa shape index (κ1) is 12.9. The standard InChI is InChI=1S/C14H17FN2S/c1-9(2)14(12-7-4-8-18-12)17-11-6-3-5-10(15)13(11)16/h3-9,14,17H,16H2,1-2H3. The predicted molar refractivity (Wildman–Crippen MR) is 76.3 cm³/mol. The van der Waals surface area contributed by atoms with Crippen LogP contribution in [0.3, 0.4) is 0 Å². The molecular weight excluding hydrogens is 247 g/mol. The summed E-state index contributed by atoms with van der Waals surface area (Å²) in [5, 5.41) is 5.38. The van der Waals surface area contributed by atoms with E-state index in [1.807, 2.05) is 11.4 Å². The molecule has 2 rings (SSSR count). The maximum atomic E-state index is 13.4. The molecule has 2 nitrogen and oxygen atoms in total. The van der Waals surface area contributed by atoms with Crippen LogP contribution in [0.15, 0.2) is 35.7 Å². The summed E-state index contributed by atoms with van der Waals surface area (Å²) in [5.41, 5.74) is 6.59. The summed E-state index contributed by atoms with van der Waals surface area (Å²) in [7, 11) is 0. The molecule has 0 aliphatic heterocycles. The van der Waals surface area contributed by atoms with Crippen LogP contribution in [-0.4, -0.2) is 0 Å². The molecule has 96 valence electrons. The van der Waals surface area contributed by atoms with Crippen LogP contribution >= 0.6 is 11.3 Å². The first-order valence-electron chi connectivity index (χ1n) is 5.93. The van der Waals surface area contributed by atoms with Gasteiger partial charge in [0, 0.05) is 4.88 Å². The molecular formula is C14H17FN2S. The summed E-state index contributed by atoms with van der Waals surface area (Å²) >= 11 is 1.69. The fourth-order valence-electron chi connectivity index (χ4n) is 1.86. The fourth-order valence-corrected chi connectivity index (χ4v) is 2.81. The largest absolute Gasteiger partial charge is 0.395 e. The predicted octanol–water partition coefficient (Wildman–Crippen LogP) is 4.28. The second-order valence-electron chi connectivity index (χ2n) is 4.58. The molecule has 0 spiro atoms. The Kier molecular flexibility index (Phi) is 3.87. The van der Waals surface area contributed by atoms with Crippen molar-refractivity contribution in [2.75, 3.05) is 11.1 Å². The van der Waals surface area contributed by atoms with E-state index in [4.69, 9.17) is 5.73 Å². The molecule has 0 amide bonds. The van der Waals surface area contributed by atoms with Gasteiger partial charge in [0.1, 0.15) is 5.82 Å². The van der Waals surface area contributed by atoms with Gasteiger partial charge in [-0.2, -0.15) is 0 Å². The van der Waals surface area contributed by atoms with Gasteiger partial charge in [0.05, 0.1) is 17.4 Å². The molecule has 3 N–H and O–H groups in total. The molecule has 1 atom stereocenters. The average Bonchev–Trinajstić information content (AvgIpc) is 2.84. The Labute approximate surface area is 111 Å². The number of nitrogens with two attached hydrogens (primary N) is 1. The third-order valence-electron chi connectivity index (χ3n) is 2.88. The Balaban J connectivity index is 2.27. The highest BCUT2D eigenvalue weighted by molar-refractivity contribution is 7.10. The molecule has 1 unspecified atom stereocenters. The van der Waals surface area contributed by atoms with Crippen molar-refractivity contribution < 1.29 is 4.39 Å². The van der Waals surface area contributed by atoms with Crippen molar-refractivity contribution >= 4 is 22.7 Å². The van der Waals surface area contributed by atoms with E-state index in [0.717, 1.165) is 0 Å². The maximum absolute atomic E-state index is 13.4. The molecule has 1 aromatic heterocycles. The number of nitrogen functional groups attached to an aromatic ring is 1. The molecule has 1 aromatic carbocycles. The Morgan fingerprint density at radius 1 is 1.22 bits per heavy atom. The van der Waals surface area contributed by atoms with Crippen LogP contribution in [0.25, 0.3) is 0 Å². The lowest BCUT2D eigenvalue weighted by Gasteiger charge is -2.23. The van der Waals surface area contributed by atoms with Crippen LogP contribution in [0, 0.1) is 11.7 Å². The van der Waals surface area contributed by atoms with Crippen molar-refractivity contribution in [1.82, 2.24) is 0 Å². The normalized spacial score (nSPS) is 12.7. The number of rotatable bonds is 4. The monoisotopic (exact) mass is 264 g/mol. The average molecular weight is 264 g/mol. The van der Waals surface area contributed by atoms with Gasteiger partial charge < -0.3 is 11.1 Å². The molecule has 0 radical (unpaired) electrons. The summed E-state index contributed by atoms with van der Waals surface area (Å²) in [6.07, 6.45) is 0. The lowest BCUT2D eigenvalue weighted by atomic mass is 10.0. The van der Waals surface area contributed by atoms with Crippen molar-refractivity contribution in [2.45, 2.75) is 19.9 Å². The van der Waals surface area contributed by atoms with Gasteiger partial charge in [-0.1, -0.05) is 26.0 Å². The first-order chi connectivity index (χ1) is 8.59. The van der Waals surface area contributed by atoms with E-state index in [1.54, 1.807) is 23.5 Å². The summed E-state index contributed by atoms with van der Waals surface area (Å²) in [6.45, 7) is 4.26. The Bertz CT molecular complexity index is 509. The highest BCUT2D eigenvalue weighted by Crippen LogP contribution is 2.32. The van der Waals surface area contributed by atoms with E-state index in [2.05, 4.69) is 25.2 Å². The summed E-state index contributed by atoms with van der Waals surface area (Å²) in [6, 6.07) is 9.09. The minimum atomic E-state index is -0.381. The molecule has 0 bridgehead atoms. The van der Waals surface area contributed by atoms with Crippen LogP contribution in [0.2, 0.25) is 0 Å². The van der Waals surface area contributed by atoms with Gasteiger partial charge in [0.2, 0.25) is 0 Å². The van der Waals surface area contributed by atoms with Gasteiger partial charge in [-0.3, -0.25) is 0 Å². The summed E-state index contributed by atoms with van der Waals surface area (Å²) in [4.78, 5) is 1.23. The van der Waals surface area contributed by atoms with Crippen molar-refractivity contribution in [3.63, 3.8) is 0 Å². The van der Waals surface area contributed by atoms with Gasteiger partial charge in [-0.05, 0) is 29.5 Å². The summed E-state index contributed by atoms with van der Waals surface area (Å²) < 4.78 is 13.4. The van der Waals surface area contributed by atoms with Crippen molar-refractivity contribution in [1.29, 1.82) is 0 Å². The van der Waals surface area contributed by atoms with Crippen LogP contribution in [0.5, 0.6) is 0 Å². The molecule has 0 saturated heterocycles. The zero-order chi connectivity index (χ0) is 13.1. The smallest absolute Gasteiger partial charge is 0.148 e. The van der Waals surface area contributed by atoms with E-state index >= 15 is 0 Å². The van der Waals surface area contributed by atoms with Gasteiger partial charge in [-0.15, -0.1) is 11.3 Å². The van der Waals surface area contributed by atoms with E-state index in [9.17, 15) is 4.39 Å². The molecule has 2 aromatic rings. The lowest BCUT2D eigenvalue weighted by molar-refractivity contribution is 0.553. The number of benzene rings is 1. The Hall–Kier alpha value is -1.55. The fraction of sp³-hybridized carbons (Fsp3) is 0.286. The number of thiophene rings is 1. The SMILES string of the molecule is CC(C)C(Nc1cccc(F)c1N)c1cccs1.